The third-order valence-corrected chi connectivity index (χ3v) is 1.76. The van der Waals surface area contributed by atoms with Crippen LogP contribution in [0.15, 0.2) is 18.2 Å². The van der Waals surface area contributed by atoms with Gasteiger partial charge in [0.15, 0.2) is 0 Å². The molecular formula is C9H10ClO2. The fraction of sp³-hybridized carbons (Fsp3) is 0.222. The molecule has 0 aliphatic heterocycles. The van der Waals surface area contributed by atoms with E-state index in [1.165, 1.54) is 0 Å². The van der Waals surface area contributed by atoms with Crippen LogP contribution in [0.2, 0.25) is 5.02 Å². The first-order valence-electron chi connectivity index (χ1n) is 3.67. The molecule has 0 heterocycles. The number of ether oxygens (including phenoxy) is 1. The van der Waals surface area contributed by atoms with Crippen molar-refractivity contribution in [2.24, 2.45) is 0 Å². The van der Waals surface area contributed by atoms with Crippen molar-refractivity contribution in [2.45, 2.75) is 6.92 Å². The second-order valence-corrected chi connectivity index (χ2v) is 2.65. The van der Waals surface area contributed by atoms with Crippen molar-refractivity contribution in [3.05, 3.63) is 35.4 Å². The highest BCUT2D eigenvalue weighted by Crippen LogP contribution is 2.22. The Morgan fingerprint density at radius 3 is 2.92 bits per heavy atom. The number of hydrogen-bond acceptors (Lipinski definition) is 2. The Kier molecular flexibility index (Phi) is 3.38. The van der Waals surface area contributed by atoms with Gasteiger partial charge in [-0.25, -0.2) is 0 Å². The van der Waals surface area contributed by atoms with E-state index >= 15 is 0 Å². The van der Waals surface area contributed by atoms with Crippen LogP contribution in [0, 0.1) is 6.61 Å². The van der Waals surface area contributed by atoms with E-state index in [0.29, 0.717) is 22.9 Å². The van der Waals surface area contributed by atoms with Gasteiger partial charge in [-0.2, -0.15) is 0 Å². The monoisotopic (exact) mass is 185 g/mol. The molecular weight excluding hydrogens is 176 g/mol. The van der Waals surface area contributed by atoms with Gasteiger partial charge >= 0.3 is 0 Å². The largest absolute Gasteiger partial charge is 0.494 e. The maximum Gasteiger partial charge on any atom is 0.119 e. The molecule has 2 nitrogen and oxygen atoms in total. The molecule has 1 aromatic carbocycles. The molecule has 0 aliphatic rings. The summed E-state index contributed by atoms with van der Waals surface area (Å²) in [4.78, 5) is 0. The Morgan fingerprint density at radius 1 is 1.58 bits per heavy atom. The van der Waals surface area contributed by atoms with Crippen LogP contribution in [-0.4, -0.2) is 11.7 Å². The quantitative estimate of drug-likeness (QED) is 0.785. The summed E-state index contributed by atoms with van der Waals surface area (Å²) in [6, 6.07) is 5.14. The standard InChI is InChI=1S/C9H10ClO2/c1-2-12-8-3-4-9(10)7(5-8)6-11/h3-6,11H,2H2,1H3. The van der Waals surface area contributed by atoms with Gasteiger partial charge in [-0.05, 0) is 25.1 Å². The summed E-state index contributed by atoms with van der Waals surface area (Å²) in [5.74, 6) is 0.710. The molecule has 0 spiro atoms. The topological polar surface area (TPSA) is 29.5 Å². The third kappa shape index (κ3) is 2.13. The highest BCUT2D eigenvalue weighted by molar-refractivity contribution is 6.31. The van der Waals surface area contributed by atoms with Crippen molar-refractivity contribution >= 4 is 11.6 Å². The molecule has 0 aliphatic carbocycles. The van der Waals surface area contributed by atoms with Gasteiger partial charge in [-0.1, -0.05) is 11.6 Å². The molecule has 65 valence electrons. The molecule has 0 atom stereocenters. The van der Waals surface area contributed by atoms with Crippen LogP contribution in [0.1, 0.15) is 12.5 Å². The smallest absolute Gasteiger partial charge is 0.119 e. The van der Waals surface area contributed by atoms with E-state index in [9.17, 15) is 0 Å². The van der Waals surface area contributed by atoms with Crippen molar-refractivity contribution in [2.75, 3.05) is 6.61 Å². The Bertz CT molecular complexity index is 261. The van der Waals surface area contributed by atoms with Crippen LogP contribution >= 0.6 is 11.6 Å². The second kappa shape index (κ2) is 4.33. The maximum absolute atomic E-state index is 8.75. The minimum Gasteiger partial charge on any atom is -0.494 e. The summed E-state index contributed by atoms with van der Waals surface area (Å²) in [6.45, 7) is 3.47. The Morgan fingerprint density at radius 2 is 2.33 bits per heavy atom. The number of hydrogen-bond donors (Lipinski definition) is 1. The van der Waals surface area contributed by atoms with Crippen LogP contribution in [0.25, 0.3) is 0 Å². The number of benzene rings is 1. The van der Waals surface area contributed by atoms with E-state index in [-0.39, 0.29) is 0 Å². The molecule has 3 heteroatoms. The third-order valence-electron chi connectivity index (χ3n) is 1.42. The zero-order valence-electron chi connectivity index (χ0n) is 6.75. The highest BCUT2D eigenvalue weighted by atomic mass is 35.5. The van der Waals surface area contributed by atoms with E-state index in [2.05, 4.69) is 0 Å². The number of rotatable bonds is 3. The van der Waals surface area contributed by atoms with Gasteiger partial charge < -0.3 is 9.84 Å². The second-order valence-electron chi connectivity index (χ2n) is 2.25. The fourth-order valence-corrected chi connectivity index (χ4v) is 1.04. The van der Waals surface area contributed by atoms with Crippen LogP contribution in [0.4, 0.5) is 0 Å². The summed E-state index contributed by atoms with van der Waals surface area (Å²) >= 11 is 5.75. The average Bonchev–Trinajstić information content (AvgIpc) is 2.09. The number of aliphatic hydroxyl groups excluding tert-OH is 1. The van der Waals surface area contributed by atoms with Gasteiger partial charge in [0, 0.05) is 10.6 Å². The van der Waals surface area contributed by atoms with Crippen molar-refractivity contribution < 1.29 is 9.84 Å². The lowest BCUT2D eigenvalue weighted by Crippen LogP contribution is -1.92. The van der Waals surface area contributed by atoms with Gasteiger partial charge in [-0.3, -0.25) is 0 Å². The van der Waals surface area contributed by atoms with Crippen molar-refractivity contribution in [3.8, 4) is 5.75 Å². The lowest BCUT2D eigenvalue weighted by molar-refractivity contribution is 0.339. The molecule has 0 fully saturated rings. The summed E-state index contributed by atoms with van der Waals surface area (Å²) in [5, 5.41) is 9.26. The minimum atomic E-state index is 0.515. The van der Waals surface area contributed by atoms with E-state index < -0.39 is 0 Å². The van der Waals surface area contributed by atoms with E-state index in [4.69, 9.17) is 21.4 Å². The zero-order valence-corrected chi connectivity index (χ0v) is 7.51. The van der Waals surface area contributed by atoms with E-state index in [1.54, 1.807) is 18.2 Å². The molecule has 1 aromatic rings. The minimum absolute atomic E-state index is 0.515. The molecule has 12 heavy (non-hydrogen) atoms. The molecule has 0 amide bonds. The molecule has 0 saturated heterocycles. The van der Waals surface area contributed by atoms with Gasteiger partial charge in [0.05, 0.1) is 6.61 Å². The first kappa shape index (κ1) is 9.36. The maximum atomic E-state index is 8.75. The molecule has 0 saturated carbocycles. The Hall–Kier alpha value is -0.730. The SMILES string of the molecule is CCOc1ccc(Cl)c([CH]O)c1. The number of aliphatic hydroxyl groups is 1. The Balaban J connectivity index is 2.89. The van der Waals surface area contributed by atoms with Gasteiger partial charge in [0.25, 0.3) is 0 Å². The number of halogens is 1. The molecule has 1 rings (SSSR count). The van der Waals surface area contributed by atoms with Crippen LogP contribution in [0.5, 0.6) is 5.75 Å². The first-order valence-corrected chi connectivity index (χ1v) is 4.05. The summed E-state index contributed by atoms with van der Waals surface area (Å²) in [6.07, 6.45) is 0. The fourth-order valence-electron chi connectivity index (χ4n) is 0.877. The summed E-state index contributed by atoms with van der Waals surface area (Å²) in [5.41, 5.74) is 0.572. The predicted molar refractivity (Wildman–Crippen MR) is 48.0 cm³/mol. The van der Waals surface area contributed by atoms with Gasteiger partial charge in [0.2, 0.25) is 0 Å². The average molecular weight is 186 g/mol. The van der Waals surface area contributed by atoms with Crippen molar-refractivity contribution in [1.82, 2.24) is 0 Å². The van der Waals surface area contributed by atoms with Crippen molar-refractivity contribution in [1.29, 1.82) is 0 Å². The van der Waals surface area contributed by atoms with Gasteiger partial charge in [-0.15, -0.1) is 0 Å². The first-order chi connectivity index (χ1) is 5.77. The molecule has 0 bridgehead atoms. The summed E-state index contributed by atoms with van der Waals surface area (Å²) < 4.78 is 5.21. The molecule has 0 aromatic heterocycles. The molecule has 0 unspecified atom stereocenters. The van der Waals surface area contributed by atoms with Crippen LogP contribution in [-0.2, 0) is 0 Å². The lowest BCUT2D eigenvalue weighted by atomic mass is 10.2. The van der Waals surface area contributed by atoms with Gasteiger partial charge in [0.1, 0.15) is 12.4 Å². The summed E-state index contributed by atoms with van der Waals surface area (Å²) in [7, 11) is 0. The lowest BCUT2D eigenvalue weighted by Gasteiger charge is -2.05. The normalized spacial score (nSPS) is 9.92. The van der Waals surface area contributed by atoms with E-state index in [1.807, 2.05) is 6.92 Å². The van der Waals surface area contributed by atoms with Crippen molar-refractivity contribution in [3.63, 3.8) is 0 Å². The predicted octanol–water partition coefficient (Wildman–Crippen LogP) is 2.62. The Labute approximate surface area is 76.7 Å². The van der Waals surface area contributed by atoms with Crippen LogP contribution in [0.3, 0.4) is 0 Å². The zero-order chi connectivity index (χ0) is 8.97. The molecule has 1 radical (unpaired) electrons. The highest BCUT2D eigenvalue weighted by Gasteiger charge is 2.00. The molecule has 1 N–H and O–H groups in total. The van der Waals surface area contributed by atoms with Crippen LogP contribution < -0.4 is 4.74 Å². The van der Waals surface area contributed by atoms with E-state index in [0.717, 1.165) is 6.61 Å².